The fraction of sp³-hybridized carbons (Fsp3) is 0.750. The molecule has 2 unspecified atom stereocenters. The first kappa shape index (κ1) is 11.6. The molecule has 16 heavy (non-hydrogen) atoms. The molecule has 0 aliphatic heterocycles. The number of imidazole rings is 1. The zero-order valence-electron chi connectivity index (χ0n) is 10.2. The third-order valence-corrected chi connectivity index (χ3v) is 3.51. The minimum Gasteiger partial charge on any atom is -0.347 e. The van der Waals surface area contributed by atoms with Crippen LogP contribution in [-0.2, 0) is 6.54 Å². The SMILES string of the molecule is CN(C)C1CCCC(NCc2cnc[nH]2)C1. The lowest BCUT2D eigenvalue weighted by Gasteiger charge is -2.33. The monoisotopic (exact) mass is 222 g/mol. The number of rotatable bonds is 4. The van der Waals surface area contributed by atoms with E-state index in [4.69, 9.17) is 0 Å². The quantitative estimate of drug-likeness (QED) is 0.808. The molecular weight excluding hydrogens is 200 g/mol. The largest absolute Gasteiger partial charge is 0.347 e. The summed E-state index contributed by atoms with van der Waals surface area (Å²) >= 11 is 0. The van der Waals surface area contributed by atoms with E-state index >= 15 is 0 Å². The Hall–Kier alpha value is -0.870. The van der Waals surface area contributed by atoms with Crippen LogP contribution in [0.4, 0.5) is 0 Å². The fourth-order valence-corrected chi connectivity index (χ4v) is 2.45. The summed E-state index contributed by atoms with van der Waals surface area (Å²) in [6, 6.07) is 1.40. The van der Waals surface area contributed by atoms with Crippen LogP contribution in [0.3, 0.4) is 0 Å². The molecule has 2 atom stereocenters. The molecule has 1 fully saturated rings. The molecule has 2 rings (SSSR count). The number of nitrogens with one attached hydrogen (secondary N) is 2. The highest BCUT2D eigenvalue weighted by Crippen LogP contribution is 2.21. The molecule has 4 nitrogen and oxygen atoms in total. The molecule has 0 amide bonds. The van der Waals surface area contributed by atoms with E-state index in [9.17, 15) is 0 Å². The lowest BCUT2D eigenvalue weighted by molar-refractivity contribution is 0.198. The molecule has 1 aromatic heterocycles. The molecule has 4 heteroatoms. The zero-order chi connectivity index (χ0) is 11.4. The van der Waals surface area contributed by atoms with E-state index in [0.717, 1.165) is 12.6 Å². The van der Waals surface area contributed by atoms with Crippen molar-refractivity contribution in [1.29, 1.82) is 0 Å². The van der Waals surface area contributed by atoms with Crippen molar-refractivity contribution in [3.63, 3.8) is 0 Å². The molecular formula is C12H22N4. The van der Waals surface area contributed by atoms with Crippen molar-refractivity contribution in [2.75, 3.05) is 14.1 Å². The molecule has 0 radical (unpaired) electrons. The predicted octanol–water partition coefficient (Wildman–Crippen LogP) is 1.37. The Morgan fingerprint density at radius 1 is 1.50 bits per heavy atom. The zero-order valence-corrected chi connectivity index (χ0v) is 10.2. The third kappa shape index (κ3) is 3.06. The van der Waals surface area contributed by atoms with Gasteiger partial charge in [0.05, 0.1) is 6.33 Å². The smallest absolute Gasteiger partial charge is 0.0922 e. The highest BCUT2D eigenvalue weighted by molar-refractivity contribution is 4.94. The van der Waals surface area contributed by atoms with E-state index in [1.807, 2.05) is 6.20 Å². The van der Waals surface area contributed by atoms with Gasteiger partial charge in [-0.3, -0.25) is 0 Å². The highest BCUT2D eigenvalue weighted by Gasteiger charge is 2.22. The van der Waals surface area contributed by atoms with Crippen LogP contribution in [-0.4, -0.2) is 41.0 Å². The molecule has 1 aliphatic rings. The van der Waals surface area contributed by atoms with Crippen molar-refractivity contribution in [2.24, 2.45) is 0 Å². The fourth-order valence-electron chi connectivity index (χ4n) is 2.45. The van der Waals surface area contributed by atoms with E-state index in [1.165, 1.54) is 31.4 Å². The first-order valence-corrected chi connectivity index (χ1v) is 6.13. The van der Waals surface area contributed by atoms with Gasteiger partial charge in [0.1, 0.15) is 0 Å². The number of H-pyrrole nitrogens is 1. The van der Waals surface area contributed by atoms with Gasteiger partial charge in [0.2, 0.25) is 0 Å². The van der Waals surface area contributed by atoms with E-state index in [-0.39, 0.29) is 0 Å². The Kier molecular flexibility index (Phi) is 3.96. The molecule has 1 aromatic rings. The maximum absolute atomic E-state index is 4.03. The maximum atomic E-state index is 4.03. The Morgan fingerprint density at radius 3 is 3.06 bits per heavy atom. The summed E-state index contributed by atoms with van der Waals surface area (Å²) in [6.07, 6.45) is 8.87. The number of hydrogen-bond acceptors (Lipinski definition) is 3. The standard InChI is InChI=1S/C12H22N4/c1-16(2)12-5-3-4-10(6-12)14-8-11-7-13-9-15-11/h7,9-10,12,14H,3-6,8H2,1-2H3,(H,13,15). The van der Waals surface area contributed by atoms with Crippen molar-refractivity contribution in [3.8, 4) is 0 Å². The van der Waals surface area contributed by atoms with Gasteiger partial charge in [0, 0.05) is 30.5 Å². The Labute approximate surface area is 97.4 Å². The average molecular weight is 222 g/mol. The van der Waals surface area contributed by atoms with Gasteiger partial charge in [0.15, 0.2) is 0 Å². The lowest BCUT2D eigenvalue weighted by Crippen LogP contribution is -2.41. The van der Waals surface area contributed by atoms with Crippen LogP contribution >= 0.6 is 0 Å². The van der Waals surface area contributed by atoms with E-state index in [2.05, 4.69) is 34.3 Å². The Morgan fingerprint density at radius 2 is 2.38 bits per heavy atom. The molecule has 0 aromatic carbocycles. The van der Waals surface area contributed by atoms with Gasteiger partial charge >= 0.3 is 0 Å². The second-order valence-corrected chi connectivity index (χ2v) is 4.94. The summed E-state index contributed by atoms with van der Waals surface area (Å²) < 4.78 is 0. The molecule has 1 heterocycles. The summed E-state index contributed by atoms with van der Waals surface area (Å²) in [5.41, 5.74) is 1.17. The first-order valence-electron chi connectivity index (χ1n) is 6.13. The van der Waals surface area contributed by atoms with Gasteiger partial charge in [-0.15, -0.1) is 0 Å². The van der Waals surface area contributed by atoms with Gasteiger partial charge in [-0.25, -0.2) is 4.98 Å². The molecule has 90 valence electrons. The number of aromatic nitrogens is 2. The topological polar surface area (TPSA) is 44.0 Å². The summed E-state index contributed by atoms with van der Waals surface area (Å²) in [5, 5.41) is 3.61. The van der Waals surface area contributed by atoms with Crippen LogP contribution in [0, 0.1) is 0 Å². The van der Waals surface area contributed by atoms with E-state index in [1.54, 1.807) is 6.33 Å². The van der Waals surface area contributed by atoms with Crippen LogP contribution in [0.25, 0.3) is 0 Å². The van der Waals surface area contributed by atoms with E-state index in [0.29, 0.717) is 6.04 Å². The second kappa shape index (κ2) is 5.46. The summed E-state index contributed by atoms with van der Waals surface area (Å²) in [7, 11) is 4.36. The lowest BCUT2D eigenvalue weighted by atomic mass is 9.90. The van der Waals surface area contributed by atoms with Crippen LogP contribution in [0.2, 0.25) is 0 Å². The number of aromatic amines is 1. The second-order valence-electron chi connectivity index (χ2n) is 4.94. The molecule has 0 bridgehead atoms. The predicted molar refractivity (Wildman–Crippen MR) is 65.2 cm³/mol. The van der Waals surface area contributed by atoms with Gasteiger partial charge in [0.25, 0.3) is 0 Å². The minimum atomic E-state index is 0.657. The maximum Gasteiger partial charge on any atom is 0.0922 e. The highest BCUT2D eigenvalue weighted by atomic mass is 15.1. The normalized spacial score (nSPS) is 26.2. The first-order chi connectivity index (χ1) is 7.75. The number of hydrogen-bond donors (Lipinski definition) is 2. The molecule has 2 N–H and O–H groups in total. The van der Waals surface area contributed by atoms with Crippen molar-refractivity contribution < 1.29 is 0 Å². The third-order valence-electron chi connectivity index (χ3n) is 3.51. The van der Waals surface area contributed by atoms with Crippen LogP contribution in [0.1, 0.15) is 31.4 Å². The van der Waals surface area contributed by atoms with Gasteiger partial charge in [-0.2, -0.15) is 0 Å². The molecule has 0 spiro atoms. The number of nitrogens with zero attached hydrogens (tertiary/aromatic N) is 2. The Bertz CT molecular complexity index is 294. The van der Waals surface area contributed by atoms with Crippen LogP contribution in [0.15, 0.2) is 12.5 Å². The van der Waals surface area contributed by atoms with Crippen LogP contribution < -0.4 is 5.32 Å². The van der Waals surface area contributed by atoms with Gasteiger partial charge in [-0.05, 0) is 33.4 Å². The van der Waals surface area contributed by atoms with Gasteiger partial charge < -0.3 is 15.2 Å². The van der Waals surface area contributed by atoms with Crippen molar-refractivity contribution in [3.05, 3.63) is 18.2 Å². The summed E-state index contributed by atoms with van der Waals surface area (Å²) in [4.78, 5) is 9.50. The van der Waals surface area contributed by atoms with E-state index < -0.39 is 0 Å². The molecule has 1 aliphatic carbocycles. The Balaban J connectivity index is 1.77. The molecule has 0 saturated heterocycles. The summed E-state index contributed by atoms with van der Waals surface area (Å²) in [5.74, 6) is 0. The van der Waals surface area contributed by atoms with Crippen molar-refractivity contribution in [2.45, 2.75) is 44.3 Å². The summed E-state index contributed by atoms with van der Waals surface area (Å²) in [6.45, 7) is 0.908. The van der Waals surface area contributed by atoms with Crippen molar-refractivity contribution >= 4 is 0 Å². The molecule has 1 saturated carbocycles. The van der Waals surface area contributed by atoms with Gasteiger partial charge in [-0.1, -0.05) is 6.42 Å². The van der Waals surface area contributed by atoms with Crippen LogP contribution in [0.5, 0.6) is 0 Å². The average Bonchev–Trinajstić information content (AvgIpc) is 2.79. The van der Waals surface area contributed by atoms with Crippen molar-refractivity contribution in [1.82, 2.24) is 20.2 Å². The minimum absolute atomic E-state index is 0.657.